The summed E-state index contributed by atoms with van der Waals surface area (Å²) in [7, 11) is 0. The van der Waals surface area contributed by atoms with Crippen molar-refractivity contribution >= 4 is 11.8 Å². The normalized spacial score (nSPS) is 35.3. The summed E-state index contributed by atoms with van der Waals surface area (Å²) in [6.07, 6.45) is 6.43. The molecule has 0 radical (unpaired) electrons. The first-order valence-electron chi connectivity index (χ1n) is 7.25. The predicted molar refractivity (Wildman–Crippen MR) is 75.7 cm³/mol. The minimum absolute atomic E-state index is 0.245. The van der Waals surface area contributed by atoms with E-state index in [1.807, 2.05) is 0 Å². The molecule has 3 unspecified atom stereocenters. The second kappa shape index (κ2) is 6.44. The summed E-state index contributed by atoms with van der Waals surface area (Å²) in [5, 5.41) is 3.70. The molecule has 1 N–H and O–H groups in total. The Kier molecular flexibility index (Phi) is 5.19. The van der Waals surface area contributed by atoms with E-state index in [9.17, 15) is 0 Å². The molecule has 0 saturated carbocycles. The van der Waals surface area contributed by atoms with Crippen LogP contribution in [0.3, 0.4) is 0 Å². The maximum absolute atomic E-state index is 6.11. The SMILES string of the molecule is CCCC(NCC)C1CCOC2(CCSC2)C1. The summed E-state index contributed by atoms with van der Waals surface area (Å²) in [6, 6.07) is 0.719. The monoisotopic (exact) mass is 257 g/mol. The van der Waals surface area contributed by atoms with Gasteiger partial charge in [0.15, 0.2) is 0 Å². The molecule has 2 heterocycles. The third-order valence-electron chi connectivity index (χ3n) is 4.23. The van der Waals surface area contributed by atoms with Crippen LogP contribution in [-0.2, 0) is 4.74 Å². The zero-order valence-electron chi connectivity index (χ0n) is 11.3. The number of nitrogens with one attached hydrogen (secondary N) is 1. The molecule has 100 valence electrons. The first-order valence-corrected chi connectivity index (χ1v) is 8.40. The van der Waals surface area contributed by atoms with Crippen LogP contribution >= 0.6 is 11.8 Å². The molecule has 0 aromatic rings. The molecule has 3 heteroatoms. The Morgan fingerprint density at radius 2 is 2.35 bits per heavy atom. The van der Waals surface area contributed by atoms with Gasteiger partial charge in [-0.05, 0) is 43.9 Å². The maximum Gasteiger partial charge on any atom is 0.0783 e. The van der Waals surface area contributed by atoms with Crippen molar-refractivity contribution in [3.05, 3.63) is 0 Å². The van der Waals surface area contributed by atoms with Crippen molar-refractivity contribution < 1.29 is 4.74 Å². The van der Waals surface area contributed by atoms with Crippen LogP contribution in [0, 0.1) is 5.92 Å². The van der Waals surface area contributed by atoms with E-state index in [0.717, 1.165) is 25.1 Å². The van der Waals surface area contributed by atoms with Crippen molar-refractivity contribution in [1.82, 2.24) is 5.32 Å². The van der Waals surface area contributed by atoms with Gasteiger partial charge in [-0.1, -0.05) is 20.3 Å². The fourth-order valence-electron chi connectivity index (χ4n) is 3.35. The minimum Gasteiger partial charge on any atom is -0.374 e. The Balaban J connectivity index is 1.94. The molecule has 2 rings (SSSR count). The Labute approximate surface area is 110 Å². The molecule has 2 aliphatic rings. The lowest BCUT2D eigenvalue weighted by Gasteiger charge is -2.41. The lowest BCUT2D eigenvalue weighted by atomic mass is 9.80. The van der Waals surface area contributed by atoms with E-state index in [2.05, 4.69) is 30.9 Å². The largest absolute Gasteiger partial charge is 0.374 e. The number of ether oxygens (including phenoxy) is 1. The molecule has 0 aromatic heterocycles. The molecule has 0 bridgehead atoms. The quantitative estimate of drug-likeness (QED) is 0.818. The van der Waals surface area contributed by atoms with Crippen molar-refractivity contribution in [1.29, 1.82) is 0 Å². The van der Waals surface area contributed by atoms with Gasteiger partial charge in [-0.15, -0.1) is 0 Å². The highest BCUT2D eigenvalue weighted by molar-refractivity contribution is 7.99. The van der Waals surface area contributed by atoms with E-state index in [1.54, 1.807) is 0 Å². The highest BCUT2D eigenvalue weighted by atomic mass is 32.2. The molecule has 2 saturated heterocycles. The summed E-state index contributed by atoms with van der Waals surface area (Å²) in [5.74, 6) is 3.36. The highest BCUT2D eigenvalue weighted by Gasteiger charge is 2.42. The third kappa shape index (κ3) is 3.39. The van der Waals surface area contributed by atoms with Gasteiger partial charge in [0.1, 0.15) is 0 Å². The van der Waals surface area contributed by atoms with Crippen LogP contribution in [0.15, 0.2) is 0 Å². The minimum atomic E-state index is 0.245. The molecule has 17 heavy (non-hydrogen) atoms. The van der Waals surface area contributed by atoms with E-state index < -0.39 is 0 Å². The van der Waals surface area contributed by atoms with Crippen LogP contribution in [0.2, 0.25) is 0 Å². The molecule has 0 amide bonds. The standard InChI is InChI=1S/C14H27NOS/c1-3-5-13(15-4-2)12-6-8-16-14(10-12)7-9-17-11-14/h12-13,15H,3-11H2,1-2H3. The molecule has 2 fully saturated rings. The van der Waals surface area contributed by atoms with Gasteiger partial charge in [-0.3, -0.25) is 0 Å². The molecule has 3 atom stereocenters. The maximum atomic E-state index is 6.11. The van der Waals surface area contributed by atoms with Crippen LogP contribution in [0.25, 0.3) is 0 Å². The van der Waals surface area contributed by atoms with Crippen molar-refractivity contribution in [2.24, 2.45) is 5.92 Å². The van der Waals surface area contributed by atoms with Crippen LogP contribution in [-0.4, -0.2) is 36.3 Å². The summed E-state index contributed by atoms with van der Waals surface area (Å²) >= 11 is 2.07. The third-order valence-corrected chi connectivity index (χ3v) is 5.46. The van der Waals surface area contributed by atoms with Gasteiger partial charge in [0.25, 0.3) is 0 Å². The van der Waals surface area contributed by atoms with Crippen LogP contribution in [0.4, 0.5) is 0 Å². The number of rotatable bonds is 5. The summed E-state index contributed by atoms with van der Waals surface area (Å²) in [4.78, 5) is 0. The summed E-state index contributed by atoms with van der Waals surface area (Å²) in [5.41, 5.74) is 0.245. The topological polar surface area (TPSA) is 21.3 Å². The summed E-state index contributed by atoms with van der Waals surface area (Å²) < 4.78 is 6.11. The molecule has 0 aromatic carbocycles. The Hall–Kier alpha value is 0.270. The lowest BCUT2D eigenvalue weighted by molar-refractivity contribution is -0.0854. The molecule has 2 aliphatic heterocycles. The van der Waals surface area contributed by atoms with Crippen molar-refractivity contribution in [3.8, 4) is 0 Å². The van der Waals surface area contributed by atoms with Gasteiger partial charge in [-0.25, -0.2) is 0 Å². The van der Waals surface area contributed by atoms with E-state index >= 15 is 0 Å². The van der Waals surface area contributed by atoms with E-state index in [0.29, 0.717) is 0 Å². The Morgan fingerprint density at radius 3 is 3.00 bits per heavy atom. The second-order valence-corrected chi connectivity index (χ2v) is 6.64. The smallest absolute Gasteiger partial charge is 0.0783 e. The fourth-order valence-corrected chi connectivity index (χ4v) is 4.73. The van der Waals surface area contributed by atoms with E-state index in [4.69, 9.17) is 4.74 Å². The first-order chi connectivity index (χ1) is 8.29. The van der Waals surface area contributed by atoms with Gasteiger partial charge in [0.2, 0.25) is 0 Å². The van der Waals surface area contributed by atoms with Gasteiger partial charge < -0.3 is 10.1 Å². The van der Waals surface area contributed by atoms with Crippen LogP contribution in [0.5, 0.6) is 0 Å². The van der Waals surface area contributed by atoms with Crippen molar-refractivity contribution in [2.45, 2.75) is 57.6 Å². The average molecular weight is 257 g/mol. The molecule has 2 nitrogen and oxygen atoms in total. The zero-order chi connectivity index (χ0) is 12.1. The molecular weight excluding hydrogens is 230 g/mol. The predicted octanol–water partition coefficient (Wildman–Crippen LogP) is 3.07. The van der Waals surface area contributed by atoms with Crippen molar-refractivity contribution in [2.75, 3.05) is 24.7 Å². The first kappa shape index (κ1) is 13.7. The van der Waals surface area contributed by atoms with Crippen molar-refractivity contribution in [3.63, 3.8) is 0 Å². The fraction of sp³-hybridized carbons (Fsp3) is 1.00. The van der Waals surface area contributed by atoms with Gasteiger partial charge in [0.05, 0.1) is 5.60 Å². The van der Waals surface area contributed by atoms with Gasteiger partial charge in [-0.2, -0.15) is 11.8 Å². The van der Waals surface area contributed by atoms with Crippen LogP contribution < -0.4 is 5.32 Å². The number of thioether (sulfide) groups is 1. The van der Waals surface area contributed by atoms with Crippen LogP contribution in [0.1, 0.15) is 46.0 Å². The highest BCUT2D eigenvalue weighted by Crippen LogP contribution is 2.41. The average Bonchev–Trinajstić information content (AvgIpc) is 2.77. The number of hydrogen-bond acceptors (Lipinski definition) is 3. The molecule has 1 spiro atoms. The Bertz CT molecular complexity index is 222. The molecule has 0 aliphatic carbocycles. The zero-order valence-corrected chi connectivity index (χ0v) is 12.2. The van der Waals surface area contributed by atoms with Gasteiger partial charge in [0, 0.05) is 18.4 Å². The lowest BCUT2D eigenvalue weighted by Crippen LogP contribution is -2.47. The van der Waals surface area contributed by atoms with E-state index in [-0.39, 0.29) is 5.60 Å². The Morgan fingerprint density at radius 1 is 1.47 bits per heavy atom. The second-order valence-electron chi connectivity index (χ2n) is 5.54. The number of hydrogen-bond donors (Lipinski definition) is 1. The molecular formula is C14H27NOS. The van der Waals surface area contributed by atoms with E-state index in [1.165, 1.54) is 43.6 Å². The summed E-state index contributed by atoms with van der Waals surface area (Å²) in [6.45, 7) is 6.61. The van der Waals surface area contributed by atoms with Gasteiger partial charge >= 0.3 is 0 Å².